The first kappa shape index (κ1) is 12.5. The van der Waals surface area contributed by atoms with E-state index in [9.17, 15) is 0 Å². The van der Waals surface area contributed by atoms with E-state index in [1.165, 1.54) is 32.5 Å². The average Bonchev–Trinajstić information content (AvgIpc) is 2.46. The predicted octanol–water partition coefficient (Wildman–Crippen LogP) is 2.91. The van der Waals surface area contributed by atoms with Gasteiger partial charge in [-0.1, -0.05) is 27.2 Å². The van der Waals surface area contributed by atoms with Crippen LogP contribution in [0, 0.1) is 11.8 Å². The zero-order chi connectivity index (χ0) is 9.94. The summed E-state index contributed by atoms with van der Waals surface area (Å²) in [5.41, 5.74) is 0. The normalized spacial score (nSPS) is 16.2. The van der Waals surface area contributed by atoms with Gasteiger partial charge in [0.15, 0.2) is 0 Å². The number of hydrogen-bond acceptors (Lipinski definition) is 1. The first-order valence-corrected chi connectivity index (χ1v) is 5.61. The summed E-state index contributed by atoms with van der Waals surface area (Å²) >= 11 is 0. The van der Waals surface area contributed by atoms with Crippen molar-refractivity contribution in [3.8, 4) is 11.8 Å². The van der Waals surface area contributed by atoms with Crippen LogP contribution in [0.5, 0.6) is 0 Å². The third kappa shape index (κ3) is 6.66. The molecule has 0 bridgehead atoms. The molecule has 0 aromatic rings. The molecule has 0 aromatic carbocycles. The number of nitrogens with zero attached hydrogens (tertiary/aromatic N) is 1. The lowest BCUT2D eigenvalue weighted by atomic mass is 10.3. The molecular formula is C12H23N. The fourth-order valence-corrected chi connectivity index (χ4v) is 1.32. The van der Waals surface area contributed by atoms with Gasteiger partial charge in [-0.2, -0.15) is 0 Å². The van der Waals surface area contributed by atoms with Gasteiger partial charge in [0.05, 0.1) is 0 Å². The van der Waals surface area contributed by atoms with Crippen molar-refractivity contribution >= 4 is 0 Å². The minimum atomic E-state index is 1.07. The summed E-state index contributed by atoms with van der Waals surface area (Å²) in [6.45, 7) is 9.88. The molecule has 0 saturated heterocycles. The fourth-order valence-electron chi connectivity index (χ4n) is 1.32. The van der Waals surface area contributed by atoms with Gasteiger partial charge in [-0.05, 0) is 13.0 Å². The highest BCUT2D eigenvalue weighted by atomic mass is 15.1. The summed E-state index contributed by atoms with van der Waals surface area (Å²) in [7, 11) is 0. The summed E-state index contributed by atoms with van der Waals surface area (Å²) < 4.78 is 0. The molecule has 1 heterocycles. The van der Waals surface area contributed by atoms with Crippen molar-refractivity contribution in [3.05, 3.63) is 0 Å². The van der Waals surface area contributed by atoms with Crippen molar-refractivity contribution in [2.75, 3.05) is 19.6 Å². The Hall–Kier alpha value is -0.480. The standard InChI is InChI=1S/C10H17N.C2H6/c1-2-3-8-11-9-6-4-5-7-10-11;1-2/h2-3,6-10H2,1H3;1-2H3. The summed E-state index contributed by atoms with van der Waals surface area (Å²) in [4.78, 5) is 2.51. The largest absolute Gasteiger partial charge is 0.301 e. The van der Waals surface area contributed by atoms with Crippen molar-refractivity contribution in [2.24, 2.45) is 0 Å². The van der Waals surface area contributed by atoms with Crippen molar-refractivity contribution in [2.45, 2.75) is 46.5 Å². The molecule has 0 aromatic heterocycles. The van der Waals surface area contributed by atoms with Crippen LogP contribution in [0.2, 0.25) is 0 Å². The maximum Gasteiger partial charge on any atom is 0.0217 e. The molecule has 0 atom stereocenters. The summed E-state index contributed by atoms with van der Waals surface area (Å²) in [5, 5.41) is 0. The van der Waals surface area contributed by atoms with E-state index in [-0.39, 0.29) is 0 Å². The molecule has 0 N–H and O–H groups in total. The first-order valence-electron chi connectivity index (χ1n) is 5.61. The Kier molecular flexibility index (Phi) is 9.25. The molecule has 1 nitrogen and oxygen atoms in total. The van der Waals surface area contributed by atoms with Crippen molar-refractivity contribution in [1.82, 2.24) is 4.90 Å². The minimum absolute atomic E-state index is 1.07. The van der Waals surface area contributed by atoms with Gasteiger partial charge < -0.3 is 4.90 Å². The maximum absolute atomic E-state index is 3.16. The lowest BCUT2D eigenvalue weighted by Crippen LogP contribution is -2.25. The van der Waals surface area contributed by atoms with Crippen LogP contribution in [-0.2, 0) is 0 Å². The number of rotatable bonds is 3. The lowest BCUT2D eigenvalue weighted by molar-refractivity contribution is 0.285. The minimum Gasteiger partial charge on any atom is -0.301 e. The van der Waals surface area contributed by atoms with E-state index >= 15 is 0 Å². The molecule has 1 aliphatic rings. The van der Waals surface area contributed by atoms with Gasteiger partial charge in [0.2, 0.25) is 0 Å². The molecular weight excluding hydrogens is 158 g/mol. The number of hydrogen-bond donors (Lipinski definition) is 0. The summed E-state index contributed by atoms with van der Waals surface area (Å²) in [5.74, 6) is 6.32. The Balaban J connectivity index is 0.000000671. The first-order chi connectivity index (χ1) is 6.43. The molecule has 0 fully saturated rings. The third-order valence-electron chi connectivity index (χ3n) is 2.06. The van der Waals surface area contributed by atoms with Gasteiger partial charge in [0, 0.05) is 25.9 Å². The van der Waals surface area contributed by atoms with E-state index in [1.54, 1.807) is 0 Å². The summed E-state index contributed by atoms with van der Waals surface area (Å²) in [6.07, 6.45) is 4.78. The summed E-state index contributed by atoms with van der Waals surface area (Å²) in [6, 6.07) is 0. The Bertz CT molecular complexity index is 140. The van der Waals surface area contributed by atoms with Gasteiger partial charge >= 0.3 is 0 Å². The average molecular weight is 181 g/mol. The SMILES string of the molecule is CC.CCCCN1CCC#CCC1. The molecule has 0 unspecified atom stereocenters. The molecule has 0 saturated carbocycles. The van der Waals surface area contributed by atoms with Crippen LogP contribution in [0.15, 0.2) is 0 Å². The van der Waals surface area contributed by atoms with Gasteiger partial charge in [0.1, 0.15) is 0 Å². The van der Waals surface area contributed by atoms with Crippen LogP contribution < -0.4 is 0 Å². The van der Waals surface area contributed by atoms with E-state index < -0.39 is 0 Å². The molecule has 76 valence electrons. The third-order valence-corrected chi connectivity index (χ3v) is 2.06. The zero-order valence-electron chi connectivity index (χ0n) is 9.40. The number of unbranched alkanes of at least 4 members (excludes halogenated alkanes) is 1. The topological polar surface area (TPSA) is 3.24 Å². The maximum atomic E-state index is 3.16. The van der Waals surface area contributed by atoms with E-state index in [2.05, 4.69) is 23.7 Å². The molecule has 0 spiro atoms. The highest BCUT2D eigenvalue weighted by molar-refractivity contribution is 5.01. The van der Waals surface area contributed by atoms with E-state index in [0.29, 0.717) is 0 Å². The molecule has 0 amide bonds. The second-order valence-electron chi connectivity index (χ2n) is 3.05. The molecule has 1 aliphatic heterocycles. The molecule has 13 heavy (non-hydrogen) atoms. The van der Waals surface area contributed by atoms with Crippen molar-refractivity contribution < 1.29 is 0 Å². The van der Waals surface area contributed by atoms with E-state index in [4.69, 9.17) is 0 Å². The smallest absolute Gasteiger partial charge is 0.0217 e. The lowest BCUT2D eigenvalue weighted by Gasteiger charge is -2.18. The van der Waals surface area contributed by atoms with Crippen LogP contribution in [0.25, 0.3) is 0 Å². The Morgan fingerprint density at radius 3 is 2.08 bits per heavy atom. The van der Waals surface area contributed by atoms with Crippen LogP contribution in [0.3, 0.4) is 0 Å². The Morgan fingerprint density at radius 2 is 1.62 bits per heavy atom. The Morgan fingerprint density at radius 1 is 1.08 bits per heavy atom. The van der Waals surface area contributed by atoms with Crippen LogP contribution in [-0.4, -0.2) is 24.5 Å². The van der Waals surface area contributed by atoms with E-state index in [1.807, 2.05) is 13.8 Å². The highest BCUT2D eigenvalue weighted by Gasteiger charge is 2.03. The monoisotopic (exact) mass is 181 g/mol. The molecule has 0 aliphatic carbocycles. The molecule has 1 rings (SSSR count). The van der Waals surface area contributed by atoms with Gasteiger partial charge in [-0.3, -0.25) is 0 Å². The zero-order valence-corrected chi connectivity index (χ0v) is 9.40. The van der Waals surface area contributed by atoms with E-state index in [0.717, 1.165) is 12.8 Å². The second-order valence-corrected chi connectivity index (χ2v) is 3.05. The molecule has 0 radical (unpaired) electrons. The molecule has 1 heteroatoms. The predicted molar refractivity (Wildman–Crippen MR) is 59.7 cm³/mol. The second kappa shape index (κ2) is 9.61. The fraction of sp³-hybridized carbons (Fsp3) is 0.833. The van der Waals surface area contributed by atoms with Crippen LogP contribution in [0.1, 0.15) is 46.5 Å². The highest BCUT2D eigenvalue weighted by Crippen LogP contribution is 2.00. The Labute approximate surface area is 83.5 Å². The van der Waals surface area contributed by atoms with Crippen molar-refractivity contribution in [3.63, 3.8) is 0 Å². The van der Waals surface area contributed by atoms with Gasteiger partial charge in [-0.15, -0.1) is 11.8 Å². The van der Waals surface area contributed by atoms with Gasteiger partial charge in [0.25, 0.3) is 0 Å². The van der Waals surface area contributed by atoms with Crippen LogP contribution in [0.4, 0.5) is 0 Å². The quantitative estimate of drug-likeness (QED) is 0.605. The van der Waals surface area contributed by atoms with Crippen molar-refractivity contribution in [1.29, 1.82) is 0 Å². The van der Waals surface area contributed by atoms with Crippen LogP contribution >= 0.6 is 0 Å². The van der Waals surface area contributed by atoms with Gasteiger partial charge in [-0.25, -0.2) is 0 Å².